The maximum Gasteiger partial charge on any atom is 0 e. The maximum atomic E-state index is 0. The van der Waals surface area contributed by atoms with Crippen molar-refractivity contribution >= 4 is 154 Å². The van der Waals surface area contributed by atoms with Crippen molar-refractivity contribution in [2.24, 2.45) is 0 Å². The largest absolute Gasteiger partial charge is 0.107 e. The van der Waals surface area contributed by atoms with Crippen LogP contribution < -0.4 is 0 Å². The molecule has 33 valence electrons. The van der Waals surface area contributed by atoms with Crippen LogP contribution in [0, 0.1) is 0 Å². The zero-order chi connectivity index (χ0) is 0. The Balaban J connectivity index is 0. The topological polar surface area (TPSA) is 0 Å². The Morgan fingerprint density at radius 2 is 0.400 bits per heavy atom. The van der Waals surface area contributed by atoms with Gasteiger partial charge in [0, 0.05) is 58.2 Å². The van der Waals surface area contributed by atoms with Gasteiger partial charge >= 0.3 is 0 Å². The van der Waals surface area contributed by atoms with Gasteiger partial charge < -0.3 is 0 Å². The first kappa shape index (κ1) is 33.2. The molecule has 0 spiro atoms. The van der Waals surface area contributed by atoms with E-state index in [1.807, 2.05) is 0 Å². The van der Waals surface area contributed by atoms with Crippen LogP contribution in [0.1, 0.15) is 0 Å². The first-order chi connectivity index (χ1) is 0. The van der Waals surface area contributed by atoms with E-state index in [9.17, 15) is 0 Å². The molecule has 0 atom stereocenters. The molecule has 1 radical (unpaired) electrons. The van der Waals surface area contributed by atoms with E-state index >= 15 is 0 Å². The third-order valence-corrected chi connectivity index (χ3v) is 0. The normalized spacial score (nSPS) is 0. The third kappa shape index (κ3) is 17.7. The van der Waals surface area contributed by atoms with Gasteiger partial charge in [-0.05, 0) is 0 Å². The maximum absolute atomic E-state index is 0. The van der Waals surface area contributed by atoms with Crippen molar-refractivity contribution in [3.8, 4) is 0 Å². The first-order valence-corrected chi connectivity index (χ1v) is 0. The molecule has 0 aliphatic rings. The summed E-state index contributed by atoms with van der Waals surface area (Å²) in [5, 5.41) is 0. The van der Waals surface area contributed by atoms with Gasteiger partial charge in [0.05, 0.1) is 0 Å². The van der Waals surface area contributed by atoms with E-state index in [-0.39, 0.29) is 154 Å². The Kier molecular flexibility index (Phi) is 155. The van der Waals surface area contributed by atoms with E-state index in [4.69, 9.17) is 0 Å². The van der Waals surface area contributed by atoms with Crippen molar-refractivity contribution in [2.75, 3.05) is 0 Å². The minimum absolute atomic E-state index is 0. The molecule has 0 nitrogen and oxygen atoms in total. The summed E-state index contributed by atoms with van der Waals surface area (Å²) in [6.45, 7) is 0. The average Bonchev–Trinajstić information content (AvgIpc) is 0. The number of hydrogen-bond acceptors (Lipinski definition) is 0. The summed E-state index contributed by atoms with van der Waals surface area (Å²) in [6.07, 6.45) is 0. The molecule has 0 bridgehead atoms. The molecule has 0 unspecified atom stereocenters. The fraction of sp³-hybridized carbons (Fsp3) is 0. The Morgan fingerprint density at radius 3 is 0.400 bits per heavy atom. The number of halogens is 4. The van der Waals surface area contributed by atoms with Gasteiger partial charge in [-0.15, -0.1) is 95.9 Å². The molecule has 0 aromatic rings. The van der Waals surface area contributed by atoms with Gasteiger partial charge in [-0.25, -0.2) is 0 Å². The summed E-state index contributed by atoms with van der Waals surface area (Å²) >= 11 is 0. The zero-order valence-corrected chi connectivity index (χ0v) is 16.9. The third-order valence-electron chi connectivity index (χ3n) is 0. The van der Waals surface area contributed by atoms with Crippen molar-refractivity contribution in [3.63, 3.8) is 0 Å². The standard InChI is InChI=1S/4HI.Rb/h4*1H;. The molecule has 0 aliphatic carbocycles. The Hall–Kier alpha value is 4.73. The molecule has 5 heteroatoms. The van der Waals surface area contributed by atoms with E-state index < -0.39 is 0 Å². The predicted octanol–water partition coefficient (Wildman–Crippen LogP) is 2.09. The van der Waals surface area contributed by atoms with E-state index in [0.717, 1.165) is 0 Å². The predicted molar refractivity (Wildman–Crippen MR) is 67.4 cm³/mol. The van der Waals surface area contributed by atoms with E-state index in [2.05, 4.69) is 0 Å². The molecular formula is H4I4Rb. The van der Waals surface area contributed by atoms with Crippen molar-refractivity contribution in [3.05, 3.63) is 0 Å². The molecule has 0 aromatic carbocycles. The summed E-state index contributed by atoms with van der Waals surface area (Å²) in [6, 6.07) is 0. The van der Waals surface area contributed by atoms with Crippen molar-refractivity contribution in [1.82, 2.24) is 0 Å². The van der Waals surface area contributed by atoms with Crippen LogP contribution in [-0.4, -0.2) is 58.2 Å². The summed E-state index contributed by atoms with van der Waals surface area (Å²) in [4.78, 5) is 0. The number of hydrogen-bond donors (Lipinski definition) is 0. The monoisotopic (exact) mass is 597 g/mol. The molecule has 0 fully saturated rings. The van der Waals surface area contributed by atoms with Gasteiger partial charge in [-0.2, -0.15) is 0 Å². The van der Waals surface area contributed by atoms with Gasteiger partial charge in [0.1, 0.15) is 0 Å². The van der Waals surface area contributed by atoms with Crippen molar-refractivity contribution < 1.29 is 0 Å². The fourth-order valence-corrected chi connectivity index (χ4v) is 0. The van der Waals surface area contributed by atoms with Crippen molar-refractivity contribution in [2.45, 2.75) is 0 Å². The van der Waals surface area contributed by atoms with Gasteiger partial charge in [0.2, 0.25) is 0 Å². The minimum atomic E-state index is 0. The summed E-state index contributed by atoms with van der Waals surface area (Å²) in [5.41, 5.74) is 0. The Bertz CT molecular complexity index is 3.61. The Labute approximate surface area is 149 Å². The molecule has 0 aliphatic heterocycles. The van der Waals surface area contributed by atoms with Crippen LogP contribution in [0.2, 0.25) is 0 Å². The van der Waals surface area contributed by atoms with Crippen LogP contribution in [0.3, 0.4) is 0 Å². The fourth-order valence-electron chi connectivity index (χ4n) is 0. The van der Waals surface area contributed by atoms with Crippen LogP contribution in [0.5, 0.6) is 0 Å². The quantitative estimate of drug-likeness (QED) is 0.376. The Morgan fingerprint density at radius 1 is 0.400 bits per heavy atom. The summed E-state index contributed by atoms with van der Waals surface area (Å²) < 4.78 is 0. The zero-order valence-electron chi connectivity index (χ0n) is 2.63. The molecule has 0 rings (SSSR count). The van der Waals surface area contributed by atoms with Gasteiger partial charge in [0.15, 0.2) is 0 Å². The second-order valence-corrected chi connectivity index (χ2v) is 0. The van der Waals surface area contributed by atoms with Gasteiger partial charge in [0.25, 0.3) is 0 Å². The minimum Gasteiger partial charge on any atom is -0.107 e. The summed E-state index contributed by atoms with van der Waals surface area (Å²) in [7, 11) is 0. The second-order valence-electron chi connectivity index (χ2n) is 0. The molecule has 0 heterocycles. The average molecular weight is 597 g/mol. The smallest absolute Gasteiger partial charge is 0 e. The van der Waals surface area contributed by atoms with Crippen LogP contribution in [0.25, 0.3) is 0 Å². The van der Waals surface area contributed by atoms with Crippen LogP contribution in [0.15, 0.2) is 0 Å². The second kappa shape index (κ2) is 23.3. The molecule has 0 aromatic heterocycles. The van der Waals surface area contributed by atoms with Gasteiger partial charge in [-0.1, -0.05) is 0 Å². The molecule has 5 heavy (non-hydrogen) atoms. The van der Waals surface area contributed by atoms with E-state index in [1.54, 1.807) is 0 Å². The molecule has 0 saturated heterocycles. The van der Waals surface area contributed by atoms with Crippen LogP contribution in [-0.2, 0) is 0 Å². The summed E-state index contributed by atoms with van der Waals surface area (Å²) in [5.74, 6) is 0. The van der Waals surface area contributed by atoms with Crippen molar-refractivity contribution in [1.29, 1.82) is 0 Å². The SMILES string of the molecule is I.I.I.I.[Rb]. The number of rotatable bonds is 0. The van der Waals surface area contributed by atoms with Crippen LogP contribution >= 0.6 is 95.9 Å². The molecule has 0 amide bonds. The first-order valence-electron chi connectivity index (χ1n) is 0. The molecular weight excluding hydrogens is 593 g/mol. The van der Waals surface area contributed by atoms with Gasteiger partial charge in [-0.3, -0.25) is 0 Å². The van der Waals surface area contributed by atoms with E-state index in [0.29, 0.717) is 0 Å². The van der Waals surface area contributed by atoms with Crippen LogP contribution in [0.4, 0.5) is 0 Å². The van der Waals surface area contributed by atoms with E-state index in [1.165, 1.54) is 0 Å². The molecule has 0 saturated carbocycles. The molecule has 0 N–H and O–H groups in total.